The Morgan fingerprint density at radius 1 is 1.40 bits per heavy atom. The molecule has 1 heterocycles. The maximum atomic E-state index is 6.05. The molecule has 2 N–H and O–H groups in total. The smallest absolute Gasteiger partial charge is 0.153 e. The molecule has 0 unspecified atom stereocenters. The molecule has 0 atom stereocenters. The van der Waals surface area contributed by atoms with Crippen LogP contribution in [0.1, 0.15) is 26.7 Å². The van der Waals surface area contributed by atoms with Crippen molar-refractivity contribution in [2.75, 3.05) is 23.7 Å². The molecule has 0 aromatic carbocycles. The van der Waals surface area contributed by atoms with Gasteiger partial charge in [-0.2, -0.15) is 0 Å². The van der Waals surface area contributed by atoms with E-state index in [1.165, 1.54) is 6.33 Å². The number of anilines is 2. The van der Waals surface area contributed by atoms with Crippen LogP contribution in [0.2, 0.25) is 5.02 Å². The third-order valence-electron chi connectivity index (χ3n) is 2.26. The van der Waals surface area contributed by atoms with E-state index in [9.17, 15) is 0 Å². The summed E-state index contributed by atoms with van der Waals surface area (Å²) in [6.07, 6.45) is 3.72. The Labute approximate surface area is 95.5 Å². The first-order valence-electron chi connectivity index (χ1n) is 5.21. The van der Waals surface area contributed by atoms with Crippen LogP contribution >= 0.6 is 11.6 Å². The summed E-state index contributed by atoms with van der Waals surface area (Å²) >= 11 is 6.05. The van der Waals surface area contributed by atoms with Crippen molar-refractivity contribution in [3.8, 4) is 0 Å². The second-order valence-corrected chi connectivity index (χ2v) is 3.71. The van der Waals surface area contributed by atoms with E-state index in [0.717, 1.165) is 31.7 Å². The molecule has 0 radical (unpaired) electrons. The molecule has 0 bridgehead atoms. The van der Waals surface area contributed by atoms with E-state index in [4.69, 9.17) is 17.3 Å². The predicted octanol–water partition coefficient (Wildman–Crippen LogP) is 2.34. The summed E-state index contributed by atoms with van der Waals surface area (Å²) in [5.74, 6) is 1.08. The van der Waals surface area contributed by atoms with Crippen LogP contribution in [0.3, 0.4) is 0 Å². The first kappa shape index (κ1) is 12.0. The van der Waals surface area contributed by atoms with E-state index < -0.39 is 0 Å². The number of unbranched alkanes of at least 4 members (excludes halogenated alkanes) is 1. The van der Waals surface area contributed by atoms with Gasteiger partial charge in [-0.3, -0.25) is 0 Å². The zero-order chi connectivity index (χ0) is 11.3. The molecule has 1 aromatic rings. The quantitative estimate of drug-likeness (QED) is 0.841. The third-order valence-corrected chi connectivity index (χ3v) is 2.62. The summed E-state index contributed by atoms with van der Waals surface area (Å²) in [6.45, 7) is 6.05. The summed E-state index contributed by atoms with van der Waals surface area (Å²) < 4.78 is 0. The maximum Gasteiger partial charge on any atom is 0.153 e. The fourth-order valence-electron chi connectivity index (χ4n) is 1.36. The standard InChI is InChI=1S/C10H17ClN4/c1-3-5-6-15(4-2)10-8(11)9(12)13-7-14-10/h7H,3-6H2,1-2H3,(H2,12,13,14). The van der Waals surface area contributed by atoms with E-state index >= 15 is 0 Å². The topological polar surface area (TPSA) is 55.0 Å². The average Bonchev–Trinajstić information content (AvgIpc) is 2.25. The minimum absolute atomic E-state index is 0.344. The minimum Gasteiger partial charge on any atom is -0.382 e. The van der Waals surface area contributed by atoms with Crippen LogP contribution < -0.4 is 10.6 Å². The van der Waals surface area contributed by atoms with Crippen molar-refractivity contribution in [2.24, 2.45) is 0 Å². The highest BCUT2D eigenvalue weighted by atomic mass is 35.5. The van der Waals surface area contributed by atoms with Crippen molar-refractivity contribution in [3.63, 3.8) is 0 Å². The van der Waals surface area contributed by atoms with Crippen LogP contribution in [-0.2, 0) is 0 Å². The van der Waals surface area contributed by atoms with Gasteiger partial charge in [0.25, 0.3) is 0 Å². The zero-order valence-electron chi connectivity index (χ0n) is 9.20. The van der Waals surface area contributed by atoms with Gasteiger partial charge in [-0.1, -0.05) is 24.9 Å². The molecule has 1 aromatic heterocycles. The van der Waals surface area contributed by atoms with Crippen LogP contribution in [0.5, 0.6) is 0 Å². The lowest BCUT2D eigenvalue weighted by Crippen LogP contribution is -2.25. The summed E-state index contributed by atoms with van der Waals surface area (Å²) in [4.78, 5) is 10.1. The van der Waals surface area contributed by atoms with Crippen molar-refractivity contribution < 1.29 is 0 Å². The number of nitrogens with two attached hydrogens (primary N) is 1. The normalized spacial score (nSPS) is 10.3. The third kappa shape index (κ3) is 2.96. The Bertz CT molecular complexity index is 316. The van der Waals surface area contributed by atoms with E-state index in [1.807, 2.05) is 0 Å². The zero-order valence-corrected chi connectivity index (χ0v) is 9.96. The monoisotopic (exact) mass is 228 g/mol. The van der Waals surface area contributed by atoms with Crippen molar-refractivity contribution in [1.82, 2.24) is 9.97 Å². The molecule has 15 heavy (non-hydrogen) atoms. The molecule has 0 amide bonds. The minimum atomic E-state index is 0.344. The molecule has 0 spiro atoms. The highest BCUT2D eigenvalue weighted by Crippen LogP contribution is 2.26. The van der Waals surface area contributed by atoms with Crippen molar-refractivity contribution >= 4 is 23.2 Å². The van der Waals surface area contributed by atoms with E-state index in [2.05, 4.69) is 28.7 Å². The summed E-state index contributed by atoms with van der Waals surface area (Å²) in [6, 6.07) is 0. The fourth-order valence-corrected chi connectivity index (χ4v) is 1.57. The molecular formula is C10H17ClN4. The molecular weight excluding hydrogens is 212 g/mol. The van der Waals surface area contributed by atoms with E-state index in [1.54, 1.807) is 0 Å². The number of halogens is 1. The van der Waals surface area contributed by atoms with E-state index in [0.29, 0.717) is 10.8 Å². The average molecular weight is 229 g/mol. The maximum absolute atomic E-state index is 6.05. The summed E-state index contributed by atoms with van der Waals surface area (Å²) in [5, 5.41) is 0.454. The Morgan fingerprint density at radius 2 is 2.13 bits per heavy atom. The predicted molar refractivity (Wildman–Crippen MR) is 64.2 cm³/mol. The van der Waals surface area contributed by atoms with Gasteiger partial charge in [0.15, 0.2) is 5.82 Å². The second-order valence-electron chi connectivity index (χ2n) is 3.33. The second kappa shape index (κ2) is 5.75. The summed E-state index contributed by atoms with van der Waals surface area (Å²) in [7, 11) is 0. The largest absolute Gasteiger partial charge is 0.382 e. The number of nitrogens with zero attached hydrogens (tertiary/aromatic N) is 3. The lowest BCUT2D eigenvalue weighted by atomic mass is 10.3. The van der Waals surface area contributed by atoms with Crippen molar-refractivity contribution in [1.29, 1.82) is 0 Å². The number of hydrogen-bond donors (Lipinski definition) is 1. The fraction of sp³-hybridized carbons (Fsp3) is 0.600. The number of hydrogen-bond acceptors (Lipinski definition) is 4. The van der Waals surface area contributed by atoms with Gasteiger partial charge >= 0.3 is 0 Å². The highest BCUT2D eigenvalue weighted by molar-refractivity contribution is 6.35. The molecule has 0 saturated heterocycles. The first-order chi connectivity index (χ1) is 7.20. The molecule has 0 fully saturated rings. The van der Waals surface area contributed by atoms with Crippen LogP contribution in [0, 0.1) is 0 Å². The number of rotatable bonds is 5. The molecule has 84 valence electrons. The van der Waals surface area contributed by atoms with Crippen molar-refractivity contribution in [2.45, 2.75) is 26.7 Å². The van der Waals surface area contributed by atoms with Gasteiger partial charge in [0.2, 0.25) is 0 Å². The van der Waals surface area contributed by atoms with E-state index in [-0.39, 0.29) is 0 Å². The van der Waals surface area contributed by atoms with Crippen LogP contribution in [0.25, 0.3) is 0 Å². The van der Waals surface area contributed by atoms with Crippen LogP contribution in [0.4, 0.5) is 11.6 Å². The molecule has 0 saturated carbocycles. The first-order valence-corrected chi connectivity index (χ1v) is 5.59. The molecule has 0 aliphatic carbocycles. The molecule has 5 heteroatoms. The Morgan fingerprint density at radius 3 is 2.73 bits per heavy atom. The number of nitrogen functional groups attached to an aromatic ring is 1. The molecule has 0 aliphatic rings. The Kier molecular flexibility index (Phi) is 4.62. The van der Waals surface area contributed by atoms with Gasteiger partial charge in [-0.25, -0.2) is 9.97 Å². The summed E-state index contributed by atoms with van der Waals surface area (Å²) in [5.41, 5.74) is 5.63. The van der Waals surface area contributed by atoms with Gasteiger partial charge in [0.05, 0.1) is 0 Å². The molecule has 4 nitrogen and oxygen atoms in total. The SMILES string of the molecule is CCCCN(CC)c1ncnc(N)c1Cl. The van der Waals surface area contributed by atoms with Gasteiger partial charge in [0.1, 0.15) is 17.2 Å². The van der Waals surface area contributed by atoms with Crippen LogP contribution in [-0.4, -0.2) is 23.1 Å². The lowest BCUT2D eigenvalue weighted by Gasteiger charge is -2.22. The Balaban J connectivity index is 2.86. The Hall–Kier alpha value is -1.03. The van der Waals surface area contributed by atoms with Gasteiger partial charge < -0.3 is 10.6 Å². The van der Waals surface area contributed by atoms with Gasteiger partial charge in [-0.05, 0) is 13.3 Å². The molecule has 1 rings (SSSR count). The number of aromatic nitrogens is 2. The van der Waals surface area contributed by atoms with Gasteiger partial charge in [0, 0.05) is 13.1 Å². The van der Waals surface area contributed by atoms with Crippen molar-refractivity contribution in [3.05, 3.63) is 11.3 Å². The lowest BCUT2D eigenvalue weighted by molar-refractivity contribution is 0.723. The van der Waals surface area contributed by atoms with Gasteiger partial charge in [-0.15, -0.1) is 0 Å². The van der Waals surface area contributed by atoms with Crippen LogP contribution in [0.15, 0.2) is 6.33 Å². The molecule has 0 aliphatic heterocycles. The highest BCUT2D eigenvalue weighted by Gasteiger charge is 2.12.